The number of hydrogen-bond donors (Lipinski definition) is 1. The Morgan fingerprint density at radius 1 is 1.26 bits per heavy atom. The molecule has 126 valence electrons. The summed E-state index contributed by atoms with van der Waals surface area (Å²) in [7, 11) is 1.59. The Labute approximate surface area is 145 Å². The van der Waals surface area contributed by atoms with Gasteiger partial charge in [-0.3, -0.25) is 14.5 Å². The first-order chi connectivity index (χ1) is 11.0. The molecule has 1 aliphatic heterocycles. The number of ether oxygens (including phenoxy) is 1. The highest BCUT2D eigenvalue weighted by atomic mass is 35.5. The SMILES string of the molecule is CN(CC(=O)Nc1c(Cl)cccc1Cl)C(=O)CN1CCOCC1. The van der Waals surface area contributed by atoms with E-state index in [2.05, 4.69) is 5.32 Å². The predicted molar refractivity (Wildman–Crippen MR) is 90.0 cm³/mol. The topological polar surface area (TPSA) is 61.9 Å². The molecule has 0 saturated carbocycles. The maximum atomic E-state index is 12.1. The number of nitrogens with one attached hydrogen (secondary N) is 1. The average Bonchev–Trinajstić information content (AvgIpc) is 2.52. The van der Waals surface area contributed by atoms with Crippen LogP contribution >= 0.6 is 23.2 Å². The molecule has 1 fully saturated rings. The molecule has 0 aromatic heterocycles. The summed E-state index contributed by atoms with van der Waals surface area (Å²) in [6.07, 6.45) is 0. The molecule has 1 aliphatic rings. The highest BCUT2D eigenvalue weighted by Gasteiger charge is 2.19. The second-order valence-electron chi connectivity index (χ2n) is 5.28. The van der Waals surface area contributed by atoms with Gasteiger partial charge in [0, 0.05) is 20.1 Å². The molecule has 2 amide bonds. The standard InChI is InChI=1S/C15H19Cl2N3O3/c1-19(14(22)10-20-5-7-23-8-6-20)9-13(21)18-15-11(16)3-2-4-12(15)17/h2-4H,5-10H2,1H3,(H,18,21). The van der Waals surface area contributed by atoms with Gasteiger partial charge in [-0.1, -0.05) is 29.3 Å². The molecule has 1 aromatic rings. The summed E-state index contributed by atoms with van der Waals surface area (Å²) in [6.45, 7) is 2.91. The second kappa shape index (κ2) is 8.49. The van der Waals surface area contributed by atoms with E-state index < -0.39 is 0 Å². The van der Waals surface area contributed by atoms with Gasteiger partial charge in [-0.15, -0.1) is 0 Å². The number of carbonyl (C=O) groups excluding carboxylic acids is 2. The van der Waals surface area contributed by atoms with Gasteiger partial charge in [-0.05, 0) is 12.1 Å². The molecule has 0 radical (unpaired) electrons. The lowest BCUT2D eigenvalue weighted by atomic mass is 10.3. The normalized spacial score (nSPS) is 15.3. The maximum Gasteiger partial charge on any atom is 0.244 e. The van der Waals surface area contributed by atoms with E-state index in [9.17, 15) is 9.59 Å². The summed E-state index contributed by atoms with van der Waals surface area (Å²) in [5.74, 6) is -0.467. The van der Waals surface area contributed by atoms with Crippen molar-refractivity contribution < 1.29 is 14.3 Å². The van der Waals surface area contributed by atoms with Crippen molar-refractivity contribution in [3.63, 3.8) is 0 Å². The van der Waals surface area contributed by atoms with E-state index in [0.717, 1.165) is 13.1 Å². The molecule has 0 atom stereocenters. The Morgan fingerprint density at radius 3 is 2.48 bits per heavy atom. The van der Waals surface area contributed by atoms with Crippen LogP contribution in [0.25, 0.3) is 0 Å². The Hall–Kier alpha value is -1.34. The van der Waals surface area contributed by atoms with E-state index >= 15 is 0 Å². The van der Waals surface area contributed by atoms with Crippen LogP contribution in [-0.4, -0.2) is 68.1 Å². The number of anilines is 1. The first-order valence-electron chi connectivity index (χ1n) is 7.25. The summed E-state index contributed by atoms with van der Waals surface area (Å²) < 4.78 is 5.24. The summed E-state index contributed by atoms with van der Waals surface area (Å²) in [5, 5.41) is 3.35. The van der Waals surface area contributed by atoms with Crippen molar-refractivity contribution in [2.75, 3.05) is 51.8 Å². The number of nitrogens with zero attached hydrogens (tertiary/aromatic N) is 2. The number of para-hydroxylation sites is 1. The third-order valence-electron chi connectivity index (χ3n) is 3.50. The van der Waals surface area contributed by atoms with Crippen molar-refractivity contribution in [3.8, 4) is 0 Å². The number of morpholine rings is 1. The highest BCUT2D eigenvalue weighted by Crippen LogP contribution is 2.29. The molecule has 1 saturated heterocycles. The number of carbonyl (C=O) groups is 2. The predicted octanol–water partition coefficient (Wildman–Crippen LogP) is 1.72. The van der Waals surface area contributed by atoms with Crippen molar-refractivity contribution in [3.05, 3.63) is 28.2 Å². The van der Waals surface area contributed by atoms with Gasteiger partial charge in [-0.25, -0.2) is 0 Å². The van der Waals surface area contributed by atoms with Crippen LogP contribution in [0.2, 0.25) is 10.0 Å². The van der Waals surface area contributed by atoms with E-state index in [-0.39, 0.29) is 24.9 Å². The van der Waals surface area contributed by atoms with E-state index in [1.807, 2.05) is 4.90 Å². The molecule has 1 aromatic carbocycles. The lowest BCUT2D eigenvalue weighted by Gasteiger charge is -2.27. The Morgan fingerprint density at radius 2 is 1.87 bits per heavy atom. The zero-order chi connectivity index (χ0) is 16.8. The van der Waals surface area contributed by atoms with Crippen molar-refractivity contribution in [1.29, 1.82) is 0 Å². The van der Waals surface area contributed by atoms with Gasteiger partial charge in [0.15, 0.2) is 0 Å². The van der Waals surface area contributed by atoms with Crippen LogP contribution in [0.1, 0.15) is 0 Å². The first-order valence-corrected chi connectivity index (χ1v) is 8.01. The molecule has 1 heterocycles. The fourth-order valence-electron chi connectivity index (χ4n) is 2.17. The number of amides is 2. The minimum absolute atomic E-state index is 0.0648. The Bertz CT molecular complexity index is 557. The molecule has 23 heavy (non-hydrogen) atoms. The Balaban J connectivity index is 1.85. The van der Waals surface area contributed by atoms with Gasteiger partial charge in [0.2, 0.25) is 11.8 Å². The number of rotatable bonds is 5. The monoisotopic (exact) mass is 359 g/mol. The van der Waals surface area contributed by atoms with Crippen LogP contribution in [0, 0.1) is 0 Å². The summed E-state index contributed by atoms with van der Waals surface area (Å²) in [5.41, 5.74) is 0.356. The molecule has 2 rings (SSSR count). The van der Waals surface area contributed by atoms with Crippen molar-refractivity contribution in [2.24, 2.45) is 0 Å². The van der Waals surface area contributed by atoms with E-state index in [4.69, 9.17) is 27.9 Å². The molecule has 8 heteroatoms. The maximum absolute atomic E-state index is 12.1. The fourth-order valence-corrected chi connectivity index (χ4v) is 2.66. The van der Waals surface area contributed by atoms with Crippen LogP contribution in [0.5, 0.6) is 0 Å². The zero-order valence-electron chi connectivity index (χ0n) is 12.8. The van der Waals surface area contributed by atoms with E-state index in [1.165, 1.54) is 4.90 Å². The molecule has 0 bridgehead atoms. The van der Waals surface area contributed by atoms with Gasteiger partial charge in [-0.2, -0.15) is 0 Å². The Kier molecular flexibility index (Phi) is 6.65. The minimum Gasteiger partial charge on any atom is -0.379 e. The second-order valence-corrected chi connectivity index (χ2v) is 6.10. The molecular weight excluding hydrogens is 341 g/mol. The zero-order valence-corrected chi connectivity index (χ0v) is 14.4. The van der Waals surface area contributed by atoms with Gasteiger partial charge < -0.3 is 15.0 Å². The van der Waals surface area contributed by atoms with Crippen LogP contribution in [0.4, 0.5) is 5.69 Å². The highest BCUT2D eigenvalue weighted by molar-refractivity contribution is 6.39. The molecular formula is C15H19Cl2N3O3. The van der Waals surface area contributed by atoms with Gasteiger partial charge >= 0.3 is 0 Å². The van der Waals surface area contributed by atoms with Crippen LogP contribution < -0.4 is 5.32 Å². The van der Waals surface area contributed by atoms with Crippen LogP contribution in [-0.2, 0) is 14.3 Å². The minimum atomic E-state index is -0.349. The largest absolute Gasteiger partial charge is 0.379 e. The van der Waals surface area contributed by atoms with Crippen molar-refractivity contribution in [2.45, 2.75) is 0 Å². The van der Waals surface area contributed by atoms with Gasteiger partial charge in [0.25, 0.3) is 0 Å². The smallest absolute Gasteiger partial charge is 0.244 e. The third kappa shape index (κ3) is 5.35. The third-order valence-corrected chi connectivity index (χ3v) is 4.13. The number of likely N-dealkylation sites (N-methyl/N-ethyl adjacent to an activating group) is 1. The first kappa shape index (κ1) is 18.0. The summed E-state index contributed by atoms with van der Waals surface area (Å²) in [4.78, 5) is 27.6. The molecule has 0 spiro atoms. The summed E-state index contributed by atoms with van der Waals surface area (Å²) >= 11 is 12.0. The van der Waals surface area contributed by atoms with E-state index in [0.29, 0.717) is 28.9 Å². The molecule has 0 unspecified atom stereocenters. The summed E-state index contributed by atoms with van der Waals surface area (Å²) in [6, 6.07) is 4.96. The molecule has 1 N–H and O–H groups in total. The lowest BCUT2D eigenvalue weighted by molar-refractivity contribution is -0.135. The number of halogens is 2. The number of benzene rings is 1. The molecule has 6 nitrogen and oxygen atoms in total. The average molecular weight is 360 g/mol. The van der Waals surface area contributed by atoms with Gasteiger partial charge in [0.05, 0.1) is 42.0 Å². The van der Waals surface area contributed by atoms with E-state index in [1.54, 1.807) is 25.2 Å². The van der Waals surface area contributed by atoms with Crippen LogP contribution in [0.3, 0.4) is 0 Å². The lowest BCUT2D eigenvalue weighted by Crippen LogP contribution is -2.45. The molecule has 0 aliphatic carbocycles. The number of hydrogen-bond acceptors (Lipinski definition) is 4. The van der Waals surface area contributed by atoms with Crippen LogP contribution in [0.15, 0.2) is 18.2 Å². The fraction of sp³-hybridized carbons (Fsp3) is 0.467. The van der Waals surface area contributed by atoms with Crippen molar-refractivity contribution in [1.82, 2.24) is 9.80 Å². The van der Waals surface area contributed by atoms with Gasteiger partial charge in [0.1, 0.15) is 0 Å². The quantitative estimate of drug-likeness (QED) is 0.869. The van der Waals surface area contributed by atoms with Crippen molar-refractivity contribution >= 4 is 40.7 Å².